The molecule has 1 rings (SSSR count). The summed E-state index contributed by atoms with van der Waals surface area (Å²) < 4.78 is 5.48. The molecule has 0 spiro atoms. The fourth-order valence-electron chi connectivity index (χ4n) is 2.19. The Morgan fingerprint density at radius 2 is 2.11 bits per heavy atom. The van der Waals surface area contributed by atoms with E-state index < -0.39 is 0 Å². The molecule has 18 heavy (non-hydrogen) atoms. The molecule has 0 saturated carbocycles. The standard InChI is InChI=1S/C16H27NO/c1-4-17-13-16(9-10-18-5-2)12-15-8-6-7-14(3)11-15/h6-8,11,16-17H,4-5,9-10,12-13H2,1-3H3. The SMILES string of the molecule is CCNCC(CCOCC)Cc1cccc(C)c1. The fraction of sp³-hybridized carbons (Fsp3) is 0.625. The van der Waals surface area contributed by atoms with Gasteiger partial charge in [0.1, 0.15) is 0 Å². The third-order valence-electron chi connectivity index (χ3n) is 3.16. The van der Waals surface area contributed by atoms with Gasteiger partial charge in [0, 0.05) is 13.2 Å². The van der Waals surface area contributed by atoms with Gasteiger partial charge < -0.3 is 10.1 Å². The highest BCUT2D eigenvalue weighted by Gasteiger charge is 2.09. The number of ether oxygens (including phenoxy) is 1. The van der Waals surface area contributed by atoms with Crippen LogP contribution in [0, 0.1) is 12.8 Å². The van der Waals surface area contributed by atoms with Crippen molar-refractivity contribution in [1.82, 2.24) is 5.32 Å². The predicted molar refractivity (Wildman–Crippen MR) is 78.0 cm³/mol. The summed E-state index contributed by atoms with van der Waals surface area (Å²) in [6.07, 6.45) is 2.27. The Balaban J connectivity index is 2.48. The number of rotatable bonds is 9. The summed E-state index contributed by atoms with van der Waals surface area (Å²) in [4.78, 5) is 0. The molecule has 2 heteroatoms. The van der Waals surface area contributed by atoms with Gasteiger partial charge in [0.2, 0.25) is 0 Å². The molecular weight excluding hydrogens is 222 g/mol. The zero-order valence-electron chi connectivity index (χ0n) is 12.0. The van der Waals surface area contributed by atoms with Gasteiger partial charge in [-0.25, -0.2) is 0 Å². The molecule has 2 nitrogen and oxygen atoms in total. The van der Waals surface area contributed by atoms with Crippen LogP contribution in [-0.2, 0) is 11.2 Å². The predicted octanol–water partition coefficient (Wildman–Crippen LogP) is 3.19. The minimum absolute atomic E-state index is 0.665. The molecule has 0 heterocycles. The lowest BCUT2D eigenvalue weighted by Crippen LogP contribution is -2.25. The minimum atomic E-state index is 0.665. The summed E-state index contributed by atoms with van der Waals surface area (Å²) in [5, 5.41) is 3.45. The molecule has 0 aromatic heterocycles. The Morgan fingerprint density at radius 3 is 2.78 bits per heavy atom. The van der Waals surface area contributed by atoms with Gasteiger partial charge in [0.05, 0.1) is 0 Å². The number of hydrogen-bond acceptors (Lipinski definition) is 2. The first-order valence-corrected chi connectivity index (χ1v) is 7.10. The van der Waals surface area contributed by atoms with Crippen LogP contribution in [0.25, 0.3) is 0 Å². The van der Waals surface area contributed by atoms with Gasteiger partial charge in [-0.15, -0.1) is 0 Å². The third kappa shape index (κ3) is 6.18. The molecule has 0 fully saturated rings. The Labute approximate surface area is 112 Å². The van der Waals surface area contributed by atoms with Gasteiger partial charge in [-0.1, -0.05) is 36.8 Å². The maximum Gasteiger partial charge on any atom is 0.0469 e. The molecule has 1 atom stereocenters. The Hall–Kier alpha value is -0.860. The lowest BCUT2D eigenvalue weighted by molar-refractivity contribution is 0.131. The monoisotopic (exact) mass is 249 g/mol. The zero-order chi connectivity index (χ0) is 13.2. The maximum absolute atomic E-state index is 5.48. The van der Waals surface area contributed by atoms with E-state index in [2.05, 4.69) is 50.4 Å². The van der Waals surface area contributed by atoms with Gasteiger partial charge in [0.15, 0.2) is 0 Å². The van der Waals surface area contributed by atoms with E-state index in [4.69, 9.17) is 4.74 Å². The molecular formula is C16H27NO. The Bertz CT molecular complexity index is 325. The third-order valence-corrected chi connectivity index (χ3v) is 3.16. The first-order chi connectivity index (χ1) is 8.76. The van der Waals surface area contributed by atoms with Crippen LogP contribution in [0.4, 0.5) is 0 Å². The summed E-state index contributed by atoms with van der Waals surface area (Å²) in [6, 6.07) is 8.83. The van der Waals surface area contributed by atoms with Crippen LogP contribution in [0.15, 0.2) is 24.3 Å². The molecule has 1 aromatic rings. The highest BCUT2D eigenvalue weighted by atomic mass is 16.5. The van der Waals surface area contributed by atoms with Crippen molar-refractivity contribution in [3.8, 4) is 0 Å². The molecule has 0 aliphatic rings. The lowest BCUT2D eigenvalue weighted by atomic mass is 9.95. The van der Waals surface area contributed by atoms with Crippen molar-refractivity contribution in [2.45, 2.75) is 33.6 Å². The average molecular weight is 249 g/mol. The summed E-state index contributed by atoms with van der Waals surface area (Å²) >= 11 is 0. The van der Waals surface area contributed by atoms with E-state index in [9.17, 15) is 0 Å². The van der Waals surface area contributed by atoms with Gasteiger partial charge in [-0.3, -0.25) is 0 Å². The molecule has 102 valence electrons. The van der Waals surface area contributed by atoms with Crippen molar-refractivity contribution < 1.29 is 4.74 Å². The largest absolute Gasteiger partial charge is 0.382 e. The molecule has 0 aliphatic heterocycles. The Kier molecular flexibility index (Phi) is 7.70. The molecule has 0 bridgehead atoms. The highest BCUT2D eigenvalue weighted by Crippen LogP contribution is 2.13. The quantitative estimate of drug-likeness (QED) is 0.679. The molecule has 1 aromatic carbocycles. The van der Waals surface area contributed by atoms with E-state index in [1.807, 2.05) is 0 Å². The summed E-state index contributed by atoms with van der Waals surface area (Å²) in [5.41, 5.74) is 2.79. The zero-order valence-corrected chi connectivity index (χ0v) is 12.0. The first-order valence-electron chi connectivity index (χ1n) is 7.10. The van der Waals surface area contributed by atoms with E-state index >= 15 is 0 Å². The van der Waals surface area contributed by atoms with Crippen LogP contribution in [0.1, 0.15) is 31.4 Å². The van der Waals surface area contributed by atoms with Crippen molar-refractivity contribution in [1.29, 1.82) is 0 Å². The van der Waals surface area contributed by atoms with Crippen molar-refractivity contribution in [2.24, 2.45) is 5.92 Å². The molecule has 1 unspecified atom stereocenters. The van der Waals surface area contributed by atoms with Crippen LogP contribution in [0.2, 0.25) is 0 Å². The second-order valence-electron chi connectivity index (χ2n) is 4.85. The highest BCUT2D eigenvalue weighted by molar-refractivity contribution is 5.22. The number of aryl methyl sites for hydroxylation is 1. The van der Waals surface area contributed by atoms with Gasteiger partial charge >= 0.3 is 0 Å². The van der Waals surface area contributed by atoms with E-state index in [-0.39, 0.29) is 0 Å². The van der Waals surface area contributed by atoms with E-state index in [1.54, 1.807) is 0 Å². The van der Waals surface area contributed by atoms with Crippen molar-refractivity contribution in [3.63, 3.8) is 0 Å². The van der Waals surface area contributed by atoms with E-state index in [0.717, 1.165) is 39.1 Å². The van der Waals surface area contributed by atoms with Crippen LogP contribution >= 0.6 is 0 Å². The van der Waals surface area contributed by atoms with Crippen molar-refractivity contribution in [3.05, 3.63) is 35.4 Å². The van der Waals surface area contributed by atoms with Crippen LogP contribution in [-0.4, -0.2) is 26.3 Å². The second-order valence-corrected chi connectivity index (χ2v) is 4.85. The fourth-order valence-corrected chi connectivity index (χ4v) is 2.19. The topological polar surface area (TPSA) is 21.3 Å². The van der Waals surface area contributed by atoms with Gasteiger partial charge in [-0.2, -0.15) is 0 Å². The average Bonchev–Trinajstić information content (AvgIpc) is 2.36. The minimum Gasteiger partial charge on any atom is -0.382 e. The van der Waals surface area contributed by atoms with Gasteiger partial charge in [0.25, 0.3) is 0 Å². The van der Waals surface area contributed by atoms with Crippen LogP contribution in [0.5, 0.6) is 0 Å². The van der Waals surface area contributed by atoms with Crippen LogP contribution < -0.4 is 5.32 Å². The Morgan fingerprint density at radius 1 is 1.28 bits per heavy atom. The van der Waals surface area contributed by atoms with Crippen molar-refractivity contribution in [2.75, 3.05) is 26.3 Å². The molecule has 0 aliphatic carbocycles. The molecule has 0 saturated heterocycles. The lowest BCUT2D eigenvalue weighted by Gasteiger charge is -2.17. The van der Waals surface area contributed by atoms with Crippen molar-refractivity contribution >= 4 is 0 Å². The first kappa shape index (κ1) is 15.2. The molecule has 1 N–H and O–H groups in total. The van der Waals surface area contributed by atoms with Crippen LogP contribution in [0.3, 0.4) is 0 Å². The number of nitrogens with one attached hydrogen (secondary N) is 1. The van der Waals surface area contributed by atoms with E-state index in [1.165, 1.54) is 11.1 Å². The maximum atomic E-state index is 5.48. The normalized spacial score (nSPS) is 12.6. The molecule has 0 amide bonds. The van der Waals surface area contributed by atoms with E-state index in [0.29, 0.717) is 5.92 Å². The smallest absolute Gasteiger partial charge is 0.0469 e. The summed E-state index contributed by atoms with van der Waals surface area (Å²) in [5.74, 6) is 0.665. The summed E-state index contributed by atoms with van der Waals surface area (Å²) in [7, 11) is 0. The second kappa shape index (κ2) is 9.12. The molecule has 0 radical (unpaired) electrons. The van der Waals surface area contributed by atoms with Gasteiger partial charge in [-0.05, 0) is 51.3 Å². The number of hydrogen-bond donors (Lipinski definition) is 1. The number of benzene rings is 1. The summed E-state index contributed by atoms with van der Waals surface area (Å²) in [6.45, 7) is 10.2.